The molecule has 1 saturated heterocycles. The lowest BCUT2D eigenvalue weighted by Gasteiger charge is -2.37. The SMILES string of the molecule is C[C@H]1CCc2sc(C(=O)N3CCN(C(=O)[C@H]4COc5ccccc5O4)CC3)cc2C1. The number of benzene rings is 1. The van der Waals surface area contributed by atoms with Crippen LogP contribution in [0.15, 0.2) is 30.3 Å². The Kier molecular flexibility index (Phi) is 5.15. The van der Waals surface area contributed by atoms with E-state index in [2.05, 4.69) is 13.0 Å². The molecule has 3 heterocycles. The molecular weight excluding hydrogens is 400 g/mol. The molecule has 0 unspecified atom stereocenters. The van der Waals surface area contributed by atoms with Crippen molar-refractivity contribution in [3.63, 3.8) is 0 Å². The molecule has 2 aromatic rings. The summed E-state index contributed by atoms with van der Waals surface area (Å²) in [4.78, 5) is 31.8. The van der Waals surface area contributed by atoms with Crippen LogP contribution in [-0.2, 0) is 17.6 Å². The zero-order valence-corrected chi connectivity index (χ0v) is 18.0. The lowest BCUT2D eigenvalue weighted by Crippen LogP contribution is -2.55. The van der Waals surface area contributed by atoms with E-state index in [1.54, 1.807) is 16.2 Å². The normalized spacial score (nSPS) is 23.1. The van der Waals surface area contributed by atoms with Gasteiger partial charge in [-0.15, -0.1) is 11.3 Å². The molecule has 7 heteroatoms. The maximum Gasteiger partial charge on any atom is 0.267 e. The van der Waals surface area contributed by atoms with Gasteiger partial charge in [-0.3, -0.25) is 9.59 Å². The monoisotopic (exact) mass is 426 g/mol. The zero-order chi connectivity index (χ0) is 20.7. The molecule has 2 atom stereocenters. The minimum atomic E-state index is -0.631. The van der Waals surface area contributed by atoms with Crippen molar-refractivity contribution in [2.24, 2.45) is 5.92 Å². The first kappa shape index (κ1) is 19.4. The molecule has 1 aromatic carbocycles. The Morgan fingerprint density at radius 2 is 1.80 bits per heavy atom. The Morgan fingerprint density at radius 1 is 1.07 bits per heavy atom. The summed E-state index contributed by atoms with van der Waals surface area (Å²) in [5.74, 6) is 2.00. The number of piperazine rings is 1. The predicted octanol–water partition coefficient (Wildman–Crippen LogP) is 3.00. The van der Waals surface area contributed by atoms with E-state index >= 15 is 0 Å². The van der Waals surface area contributed by atoms with Gasteiger partial charge in [-0.1, -0.05) is 19.1 Å². The van der Waals surface area contributed by atoms with Crippen LogP contribution in [0.4, 0.5) is 0 Å². The number of nitrogens with zero attached hydrogens (tertiary/aromatic N) is 2. The van der Waals surface area contributed by atoms with Crippen LogP contribution in [-0.4, -0.2) is 60.5 Å². The smallest absolute Gasteiger partial charge is 0.267 e. The van der Waals surface area contributed by atoms with Gasteiger partial charge >= 0.3 is 0 Å². The third kappa shape index (κ3) is 3.67. The van der Waals surface area contributed by atoms with E-state index in [-0.39, 0.29) is 18.4 Å². The quantitative estimate of drug-likeness (QED) is 0.741. The molecule has 0 radical (unpaired) electrons. The van der Waals surface area contributed by atoms with Crippen LogP contribution in [0.5, 0.6) is 11.5 Å². The average molecular weight is 427 g/mol. The molecule has 0 N–H and O–H groups in total. The first-order valence-corrected chi connectivity index (χ1v) is 11.5. The highest BCUT2D eigenvalue weighted by Gasteiger charge is 2.34. The fourth-order valence-electron chi connectivity index (χ4n) is 4.44. The molecule has 6 nitrogen and oxygen atoms in total. The first-order chi connectivity index (χ1) is 14.6. The highest BCUT2D eigenvalue weighted by atomic mass is 32.1. The molecule has 3 aliphatic rings. The van der Waals surface area contributed by atoms with Gasteiger partial charge in [0.1, 0.15) is 6.61 Å². The highest BCUT2D eigenvalue weighted by Crippen LogP contribution is 2.33. The maximum atomic E-state index is 13.0. The summed E-state index contributed by atoms with van der Waals surface area (Å²) >= 11 is 1.65. The van der Waals surface area contributed by atoms with Crippen molar-refractivity contribution < 1.29 is 19.1 Å². The molecule has 1 fully saturated rings. The van der Waals surface area contributed by atoms with Crippen LogP contribution >= 0.6 is 11.3 Å². The molecule has 1 aromatic heterocycles. The van der Waals surface area contributed by atoms with Crippen LogP contribution in [0.3, 0.4) is 0 Å². The summed E-state index contributed by atoms with van der Waals surface area (Å²) < 4.78 is 11.5. The summed E-state index contributed by atoms with van der Waals surface area (Å²) in [5.41, 5.74) is 1.35. The molecule has 158 valence electrons. The van der Waals surface area contributed by atoms with Crippen LogP contribution < -0.4 is 9.47 Å². The Morgan fingerprint density at radius 3 is 2.60 bits per heavy atom. The summed E-state index contributed by atoms with van der Waals surface area (Å²) in [6.45, 7) is 4.63. The predicted molar refractivity (Wildman–Crippen MR) is 114 cm³/mol. The van der Waals surface area contributed by atoms with Gasteiger partial charge in [-0.05, 0) is 48.9 Å². The van der Waals surface area contributed by atoms with E-state index in [0.717, 1.165) is 17.7 Å². The largest absolute Gasteiger partial charge is 0.485 e. The van der Waals surface area contributed by atoms with Gasteiger partial charge < -0.3 is 19.3 Å². The lowest BCUT2D eigenvalue weighted by molar-refractivity contribution is -0.142. The second kappa shape index (κ2) is 7.95. The van der Waals surface area contributed by atoms with Crippen molar-refractivity contribution in [1.82, 2.24) is 9.80 Å². The minimum Gasteiger partial charge on any atom is -0.485 e. The molecule has 30 heavy (non-hydrogen) atoms. The van der Waals surface area contributed by atoms with Gasteiger partial charge in [0.05, 0.1) is 4.88 Å². The number of fused-ring (bicyclic) bond motifs is 2. The fraction of sp³-hybridized carbons (Fsp3) is 0.478. The number of para-hydroxylation sites is 2. The summed E-state index contributed by atoms with van der Waals surface area (Å²) in [7, 11) is 0. The summed E-state index contributed by atoms with van der Waals surface area (Å²) in [5, 5.41) is 0. The Balaban J connectivity index is 1.18. The number of ether oxygens (including phenoxy) is 2. The second-order valence-corrected chi connectivity index (χ2v) is 9.53. The number of hydrogen-bond acceptors (Lipinski definition) is 5. The van der Waals surface area contributed by atoms with Crippen molar-refractivity contribution in [2.75, 3.05) is 32.8 Å². The topological polar surface area (TPSA) is 59.1 Å². The molecular formula is C23H26N2O4S. The Hall–Kier alpha value is -2.54. The minimum absolute atomic E-state index is 0.0721. The molecule has 0 spiro atoms. The number of rotatable bonds is 2. The number of amides is 2. The van der Waals surface area contributed by atoms with Crippen molar-refractivity contribution >= 4 is 23.2 Å². The molecule has 5 rings (SSSR count). The molecule has 1 aliphatic carbocycles. The van der Waals surface area contributed by atoms with E-state index in [4.69, 9.17) is 9.47 Å². The molecule has 2 amide bonds. The van der Waals surface area contributed by atoms with Gasteiger partial charge in [0.25, 0.3) is 11.8 Å². The van der Waals surface area contributed by atoms with E-state index < -0.39 is 6.10 Å². The van der Waals surface area contributed by atoms with Crippen LogP contribution in [0.1, 0.15) is 33.5 Å². The molecule has 0 bridgehead atoms. The van der Waals surface area contributed by atoms with Crippen LogP contribution in [0.25, 0.3) is 0 Å². The number of aryl methyl sites for hydroxylation is 1. The van der Waals surface area contributed by atoms with Crippen LogP contribution in [0.2, 0.25) is 0 Å². The highest BCUT2D eigenvalue weighted by molar-refractivity contribution is 7.14. The number of hydrogen-bond donors (Lipinski definition) is 0. The first-order valence-electron chi connectivity index (χ1n) is 10.7. The Labute approximate surface area is 180 Å². The summed E-state index contributed by atoms with van der Waals surface area (Å²) in [6, 6.07) is 9.49. The number of carbonyl (C=O) groups excluding carboxylic acids is 2. The van der Waals surface area contributed by atoms with E-state index in [0.29, 0.717) is 43.6 Å². The van der Waals surface area contributed by atoms with E-state index in [1.165, 1.54) is 16.9 Å². The van der Waals surface area contributed by atoms with Crippen LogP contribution in [0, 0.1) is 5.92 Å². The van der Waals surface area contributed by atoms with Gasteiger partial charge in [-0.2, -0.15) is 0 Å². The third-order valence-corrected chi connectivity index (χ3v) is 7.43. The number of carbonyl (C=O) groups is 2. The van der Waals surface area contributed by atoms with Gasteiger partial charge in [-0.25, -0.2) is 0 Å². The standard InChI is InChI=1S/C23H26N2O4S/c1-15-6-7-20-16(12-15)13-21(30-20)23(27)25-10-8-24(9-11-25)22(26)19-14-28-17-4-2-3-5-18(17)29-19/h2-5,13,15,19H,6-12,14H2,1H3/t15-,19+/m0/s1. The lowest BCUT2D eigenvalue weighted by atomic mass is 9.90. The second-order valence-electron chi connectivity index (χ2n) is 8.39. The van der Waals surface area contributed by atoms with E-state index in [9.17, 15) is 9.59 Å². The van der Waals surface area contributed by atoms with Crippen molar-refractivity contribution in [2.45, 2.75) is 32.3 Å². The fourth-order valence-corrected chi connectivity index (χ4v) is 5.62. The van der Waals surface area contributed by atoms with Gasteiger partial charge in [0.2, 0.25) is 6.10 Å². The van der Waals surface area contributed by atoms with Crippen molar-refractivity contribution in [3.8, 4) is 11.5 Å². The van der Waals surface area contributed by atoms with Crippen molar-refractivity contribution in [1.29, 1.82) is 0 Å². The number of thiophene rings is 1. The van der Waals surface area contributed by atoms with Gasteiger partial charge in [0, 0.05) is 31.1 Å². The van der Waals surface area contributed by atoms with Crippen molar-refractivity contribution in [3.05, 3.63) is 45.6 Å². The molecule has 2 aliphatic heterocycles. The summed E-state index contributed by atoms with van der Waals surface area (Å²) in [6.07, 6.45) is 2.74. The van der Waals surface area contributed by atoms with E-state index in [1.807, 2.05) is 29.2 Å². The molecule has 0 saturated carbocycles. The third-order valence-electron chi connectivity index (χ3n) is 6.20. The van der Waals surface area contributed by atoms with Gasteiger partial charge in [0.15, 0.2) is 11.5 Å². The Bertz CT molecular complexity index is 964. The zero-order valence-electron chi connectivity index (χ0n) is 17.1. The maximum absolute atomic E-state index is 13.0. The average Bonchev–Trinajstić information content (AvgIpc) is 3.21.